The molecule has 0 atom stereocenters. The fraction of sp³-hybridized carbons (Fsp3) is 0. The Morgan fingerprint density at radius 2 is 2.11 bits per heavy atom. The molecule has 0 spiro atoms. The van der Waals surface area contributed by atoms with Gasteiger partial charge in [0.15, 0.2) is 11.4 Å². The van der Waals surface area contributed by atoms with Crippen molar-refractivity contribution in [2.75, 3.05) is 0 Å². The first-order valence-corrected chi connectivity index (χ1v) is 6.48. The molecule has 0 radical (unpaired) electrons. The molecule has 0 amide bonds. The van der Waals surface area contributed by atoms with Crippen molar-refractivity contribution in [2.45, 2.75) is 0 Å². The number of ether oxygens (including phenoxy) is 1. The van der Waals surface area contributed by atoms with E-state index in [1.165, 1.54) is 17.5 Å². The molecule has 5 nitrogen and oxygen atoms in total. The number of para-hydroxylation sites is 1. The molecule has 1 aromatic carbocycles. The molecule has 0 aliphatic rings. The topological polar surface area (TPSA) is 57.0 Å². The summed E-state index contributed by atoms with van der Waals surface area (Å²) >= 11 is 1.35. The van der Waals surface area contributed by atoms with E-state index in [-0.39, 0.29) is 0 Å². The monoisotopic (exact) mass is 271 g/mol. The van der Waals surface area contributed by atoms with E-state index in [2.05, 4.69) is 10.1 Å². The Balaban J connectivity index is 1.77. The van der Waals surface area contributed by atoms with Gasteiger partial charge in [0, 0.05) is 5.38 Å². The third kappa shape index (κ3) is 2.53. The molecule has 19 heavy (non-hydrogen) atoms. The lowest BCUT2D eigenvalue weighted by atomic mass is 10.3. The summed E-state index contributed by atoms with van der Waals surface area (Å²) < 4.78 is 6.83. The Morgan fingerprint density at radius 1 is 1.26 bits per heavy atom. The summed E-state index contributed by atoms with van der Waals surface area (Å²) in [5, 5.41) is 5.79. The molecule has 0 aliphatic heterocycles. The van der Waals surface area contributed by atoms with E-state index in [1.807, 2.05) is 30.3 Å². The first kappa shape index (κ1) is 11.6. The molecular weight excluding hydrogens is 262 g/mol. The molecule has 0 saturated heterocycles. The minimum absolute atomic E-state index is 0.303. The SMILES string of the molecule is O=C(Oc1cnn(-c2ccccc2)c1)c1cscn1. The molecule has 2 heterocycles. The van der Waals surface area contributed by atoms with Gasteiger partial charge in [0.05, 0.1) is 23.6 Å². The van der Waals surface area contributed by atoms with E-state index >= 15 is 0 Å². The highest BCUT2D eigenvalue weighted by Crippen LogP contribution is 2.15. The zero-order valence-electron chi connectivity index (χ0n) is 9.76. The molecule has 0 aliphatic carbocycles. The molecule has 0 bridgehead atoms. The Bertz CT molecular complexity index is 677. The quantitative estimate of drug-likeness (QED) is 0.687. The maximum atomic E-state index is 11.7. The highest BCUT2D eigenvalue weighted by atomic mass is 32.1. The second kappa shape index (κ2) is 5.03. The van der Waals surface area contributed by atoms with Crippen LogP contribution in [0.25, 0.3) is 5.69 Å². The Labute approximate surface area is 113 Å². The summed E-state index contributed by atoms with van der Waals surface area (Å²) in [7, 11) is 0. The second-order valence-electron chi connectivity index (χ2n) is 3.72. The predicted octanol–water partition coefficient (Wildman–Crippen LogP) is 2.55. The average Bonchev–Trinajstić information content (AvgIpc) is 3.11. The summed E-state index contributed by atoms with van der Waals surface area (Å²) in [6.45, 7) is 0. The van der Waals surface area contributed by atoms with Crippen molar-refractivity contribution in [2.24, 2.45) is 0 Å². The third-order valence-electron chi connectivity index (χ3n) is 2.43. The molecule has 3 aromatic rings. The fourth-order valence-electron chi connectivity index (χ4n) is 1.55. The van der Waals surface area contributed by atoms with Gasteiger partial charge in [0.1, 0.15) is 0 Å². The average molecular weight is 271 g/mol. The van der Waals surface area contributed by atoms with E-state index in [0.717, 1.165) is 5.69 Å². The summed E-state index contributed by atoms with van der Waals surface area (Å²) in [5.74, 6) is -0.0873. The molecule has 2 aromatic heterocycles. The lowest BCUT2D eigenvalue weighted by molar-refractivity contribution is 0.0729. The highest BCUT2D eigenvalue weighted by molar-refractivity contribution is 7.07. The van der Waals surface area contributed by atoms with Crippen LogP contribution < -0.4 is 4.74 Å². The number of aromatic nitrogens is 3. The summed E-state index contributed by atoms with van der Waals surface area (Å²) in [6, 6.07) is 9.59. The Morgan fingerprint density at radius 3 is 2.84 bits per heavy atom. The first-order valence-electron chi connectivity index (χ1n) is 5.53. The van der Waals surface area contributed by atoms with Gasteiger partial charge >= 0.3 is 5.97 Å². The largest absolute Gasteiger partial charge is 0.418 e. The van der Waals surface area contributed by atoms with Crippen LogP contribution in [0.1, 0.15) is 10.5 Å². The molecule has 3 rings (SSSR count). The van der Waals surface area contributed by atoms with Crippen LogP contribution in [0, 0.1) is 0 Å². The molecule has 0 N–H and O–H groups in total. The fourth-order valence-corrected chi connectivity index (χ4v) is 2.07. The number of rotatable bonds is 3. The van der Waals surface area contributed by atoms with E-state index in [4.69, 9.17) is 4.74 Å². The molecular formula is C13H9N3O2S. The van der Waals surface area contributed by atoms with Crippen LogP contribution in [0.4, 0.5) is 0 Å². The van der Waals surface area contributed by atoms with E-state index in [1.54, 1.807) is 21.8 Å². The Kier molecular flexibility index (Phi) is 3.07. The number of hydrogen-bond acceptors (Lipinski definition) is 5. The zero-order valence-corrected chi connectivity index (χ0v) is 10.6. The number of carbonyl (C=O) groups excluding carboxylic acids is 1. The van der Waals surface area contributed by atoms with Gasteiger partial charge in [-0.15, -0.1) is 11.3 Å². The van der Waals surface area contributed by atoms with Crippen LogP contribution in [0.3, 0.4) is 0 Å². The van der Waals surface area contributed by atoms with Crippen LogP contribution in [0.5, 0.6) is 5.75 Å². The molecule has 94 valence electrons. The van der Waals surface area contributed by atoms with Crippen molar-refractivity contribution in [3.05, 3.63) is 59.3 Å². The van der Waals surface area contributed by atoms with Crippen molar-refractivity contribution < 1.29 is 9.53 Å². The number of hydrogen-bond donors (Lipinski definition) is 0. The molecule has 6 heteroatoms. The lowest BCUT2D eigenvalue weighted by Gasteiger charge is -1.99. The van der Waals surface area contributed by atoms with Crippen LogP contribution in [0.2, 0.25) is 0 Å². The number of thiazole rings is 1. The number of nitrogens with zero attached hydrogens (tertiary/aromatic N) is 3. The summed E-state index contributed by atoms with van der Waals surface area (Å²) in [5.41, 5.74) is 2.79. The first-order chi connectivity index (χ1) is 9.33. The predicted molar refractivity (Wildman–Crippen MR) is 70.6 cm³/mol. The normalized spacial score (nSPS) is 10.3. The smallest absolute Gasteiger partial charge is 0.363 e. The standard InChI is InChI=1S/C13H9N3O2S/c17-13(12-8-19-9-14-12)18-11-6-15-16(7-11)10-4-2-1-3-5-10/h1-9H. The van der Waals surface area contributed by atoms with Crippen molar-refractivity contribution in [1.29, 1.82) is 0 Å². The van der Waals surface area contributed by atoms with Crippen LogP contribution in [-0.4, -0.2) is 20.7 Å². The van der Waals surface area contributed by atoms with Crippen molar-refractivity contribution in [3.8, 4) is 11.4 Å². The van der Waals surface area contributed by atoms with Gasteiger partial charge in [-0.1, -0.05) is 18.2 Å². The minimum Gasteiger partial charge on any atom is -0.418 e. The number of benzene rings is 1. The maximum absolute atomic E-state index is 11.7. The van der Waals surface area contributed by atoms with Crippen LogP contribution >= 0.6 is 11.3 Å². The highest BCUT2D eigenvalue weighted by Gasteiger charge is 2.12. The van der Waals surface area contributed by atoms with Crippen LogP contribution in [-0.2, 0) is 0 Å². The lowest BCUT2D eigenvalue weighted by Crippen LogP contribution is -2.08. The molecule has 0 unspecified atom stereocenters. The van der Waals surface area contributed by atoms with Gasteiger partial charge in [-0.3, -0.25) is 0 Å². The zero-order chi connectivity index (χ0) is 13.1. The van der Waals surface area contributed by atoms with Gasteiger partial charge < -0.3 is 4.74 Å². The molecule has 0 fully saturated rings. The summed E-state index contributed by atoms with van der Waals surface area (Å²) in [4.78, 5) is 15.6. The number of esters is 1. The Hall–Kier alpha value is -2.47. The van der Waals surface area contributed by atoms with Crippen molar-refractivity contribution in [1.82, 2.24) is 14.8 Å². The molecule has 0 saturated carbocycles. The van der Waals surface area contributed by atoms with E-state index < -0.39 is 5.97 Å². The minimum atomic E-state index is -0.478. The van der Waals surface area contributed by atoms with Gasteiger partial charge in [0.25, 0.3) is 0 Å². The number of carbonyl (C=O) groups is 1. The second-order valence-corrected chi connectivity index (χ2v) is 4.44. The van der Waals surface area contributed by atoms with Gasteiger partial charge in [0.2, 0.25) is 0 Å². The van der Waals surface area contributed by atoms with Gasteiger partial charge in [-0.25, -0.2) is 14.5 Å². The maximum Gasteiger partial charge on any atom is 0.363 e. The van der Waals surface area contributed by atoms with Gasteiger partial charge in [-0.05, 0) is 12.1 Å². The van der Waals surface area contributed by atoms with Crippen LogP contribution in [0.15, 0.2) is 53.6 Å². The van der Waals surface area contributed by atoms with E-state index in [9.17, 15) is 4.79 Å². The van der Waals surface area contributed by atoms with Crippen molar-refractivity contribution >= 4 is 17.3 Å². The third-order valence-corrected chi connectivity index (χ3v) is 3.02. The summed E-state index contributed by atoms with van der Waals surface area (Å²) in [6.07, 6.45) is 3.15. The van der Waals surface area contributed by atoms with Gasteiger partial charge in [-0.2, -0.15) is 5.10 Å². The van der Waals surface area contributed by atoms with Crippen molar-refractivity contribution in [3.63, 3.8) is 0 Å². The van der Waals surface area contributed by atoms with E-state index in [0.29, 0.717) is 11.4 Å².